The van der Waals surface area contributed by atoms with Crippen molar-refractivity contribution in [3.8, 4) is 0 Å². The van der Waals surface area contributed by atoms with Gasteiger partial charge in [0, 0.05) is 19.1 Å². The van der Waals surface area contributed by atoms with Gasteiger partial charge in [0.05, 0.1) is 0 Å². The largest absolute Gasteiger partial charge is 0.327 e. The summed E-state index contributed by atoms with van der Waals surface area (Å²) in [6.45, 7) is 4.46. The predicted octanol–water partition coefficient (Wildman–Crippen LogP) is 2.64. The van der Waals surface area contributed by atoms with Crippen molar-refractivity contribution in [3.63, 3.8) is 0 Å². The normalized spacial score (nSPS) is 28.8. The van der Waals surface area contributed by atoms with E-state index in [9.17, 15) is 0 Å². The van der Waals surface area contributed by atoms with Crippen molar-refractivity contribution in [3.05, 3.63) is 35.9 Å². The lowest BCUT2D eigenvalue weighted by Crippen LogP contribution is -2.42. The zero-order valence-electron chi connectivity index (χ0n) is 11.0. The molecule has 1 aromatic carbocycles. The smallest absolute Gasteiger partial charge is 0.0230 e. The summed E-state index contributed by atoms with van der Waals surface area (Å²) in [4.78, 5) is 2.40. The van der Waals surface area contributed by atoms with Crippen molar-refractivity contribution < 1.29 is 0 Å². The molecule has 0 heterocycles. The third-order valence-corrected chi connectivity index (χ3v) is 4.08. The van der Waals surface area contributed by atoms with Crippen LogP contribution in [0.4, 0.5) is 0 Å². The van der Waals surface area contributed by atoms with E-state index < -0.39 is 0 Å². The topological polar surface area (TPSA) is 29.3 Å². The van der Waals surface area contributed by atoms with Gasteiger partial charge in [0.2, 0.25) is 0 Å². The Morgan fingerprint density at radius 1 is 1.35 bits per heavy atom. The number of hydrogen-bond donors (Lipinski definition) is 1. The van der Waals surface area contributed by atoms with E-state index in [4.69, 9.17) is 5.73 Å². The second-order valence-electron chi connectivity index (χ2n) is 5.81. The molecule has 0 saturated heterocycles. The molecule has 0 amide bonds. The molecule has 0 bridgehead atoms. The van der Waals surface area contributed by atoms with Crippen molar-refractivity contribution >= 4 is 0 Å². The van der Waals surface area contributed by atoms with Gasteiger partial charge in [-0.1, -0.05) is 43.7 Å². The molecule has 1 fully saturated rings. The molecule has 2 nitrogen and oxygen atoms in total. The van der Waals surface area contributed by atoms with Crippen molar-refractivity contribution in [2.45, 2.75) is 38.8 Å². The first kappa shape index (κ1) is 12.6. The number of benzene rings is 1. The second kappa shape index (κ2) is 5.19. The van der Waals surface area contributed by atoms with E-state index in [1.54, 1.807) is 0 Å². The lowest BCUT2D eigenvalue weighted by molar-refractivity contribution is 0.173. The molecule has 1 saturated carbocycles. The molecule has 0 aromatic heterocycles. The summed E-state index contributed by atoms with van der Waals surface area (Å²) in [6, 6.07) is 11.0. The number of hydrogen-bond acceptors (Lipinski definition) is 2. The number of nitrogens with two attached hydrogens (primary N) is 1. The molecule has 17 heavy (non-hydrogen) atoms. The van der Waals surface area contributed by atoms with E-state index in [2.05, 4.69) is 49.2 Å². The van der Waals surface area contributed by atoms with Crippen LogP contribution < -0.4 is 5.73 Å². The van der Waals surface area contributed by atoms with Crippen LogP contribution in [-0.4, -0.2) is 24.5 Å². The summed E-state index contributed by atoms with van der Waals surface area (Å²) >= 11 is 0. The van der Waals surface area contributed by atoms with Gasteiger partial charge < -0.3 is 10.6 Å². The Balaban J connectivity index is 1.91. The molecule has 1 aliphatic rings. The summed E-state index contributed by atoms with van der Waals surface area (Å²) in [5, 5.41) is 0. The predicted molar refractivity (Wildman–Crippen MR) is 72.7 cm³/mol. The Morgan fingerprint density at radius 2 is 2.06 bits per heavy atom. The Kier molecular flexibility index (Phi) is 3.85. The maximum absolute atomic E-state index is 6.23. The highest BCUT2D eigenvalue weighted by Gasteiger charge is 2.36. The Hall–Kier alpha value is -0.860. The lowest BCUT2D eigenvalue weighted by Gasteiger charge is -2.33. The van der Waals surface area contributed by atoms with E-state index >= 15 is 0 Å². The van der Waals surface area contributed by atoms with E-state index in [1.165, 1.54) is 24.8 Å². The van der Waals surface area contributed by atoms with E-state index in [1.807, 2.05) is 0 Å². The molecule has 1 aliphatic carbocycles. The van der Waals surface area contributed by atoms with Crippen molar-refractivity contribution in [2.24, 2.45) is 11.1 Å². The summed E-state index contributed by atoms with van der Waals surface area (Å²) in [7, 11) is 2.20. The van der Waals surface area contributed by atoms with Gasteiger partial charge in [-0.15, -0.1) is 0 Å². The van der Waals surface area contributed by atoms with Crippen LogP contribution in [0.3, 0.4) is 0 Å². The van der Waals surface area contributed by atoms with Crippen molar-refractivity contribution in [1.82, 2.24) is 4.90 Å². The van der Waals surface area contributed by atoms with Crippen molar-refractivity contribution in [1.29, 1.82) is 0 Å². The summed E-state index contributed by atoms with van der Waals surface area (Å²) in [5.74, 6) is 0. The van der Waals surface area contributed by atoms with E-state index in [0.29, 0.717) is 11.5 Å². The first-order valence-electron chi connectivity index (χ1n) is 6.58. The van der Waals surface area contributed by atoms with Gasteiger partial charge >= 0.3 is 0 Å². The fourth-order valence-corrected chi connectivity index (χ4v) is 3.02. The highest BCUT2D eigenvalue weighted by atomic mass is 15.1. The molecule has 0 spiro atoms. The second-order valence-corrected chi connectivity index (χ2v) is 5.81. The van der Waals surface area contributed by atoms with Gasteiger partial charge in [0.25, 0.3) is 0 Å². The Bertz CT molecular complexity index is 349. The van der Waals surface area contributed by atoms with E-state index in [-0.39, 0.29) is 0 Å². The zero-order valence-corrected chi connectivity index (χ0v) is 11.0. The standard InChI is InChI=1S/C15H24N2/c1-15(10-6-9-14(15)16)12-17(2)11-13-7-4-3-5-8-13/h3-5,7-8,14H,6,9-12,16H2,1-2H3. The van der Waals surface area contributed by atoms with Crippen LogP contribution in [-0.2, 0) is 6.54 Å². The molecule has 1 aromatic rings. The first-order chi connectivity index (χ1) is 8.10. The van der Waals surface area contributed by atoms with Gasteiger partial charge in [0.15, 0.2) is 0 Å². The van der Waals surface area contributed by atoms with Gasteiger partial charge in [-0.25, -0.2) is 0 Å². The molecule has 2 N–H and O–H groups in total. The summed E-state index contributed by atoms with van der Waals surface area (Å²) in [6.07, 6.45) is 3.75. The third-order valence-electron chi connectivity index (χ3n) is 4.08. The van der Waals surface area contributed by atoms with Gasteiger partial charge in [-0.05, 0) is 30.9 Å². The number of rotatable bonds is 4. The Morgan fingerprint density at radius 3 is 2.65 bits per heavy atom. The fourth-order valence-electron chi connectivity index (χ4n) is 3.02. The summed E-state index contributed by atoms with van der Waals surface area (Å²) < 4.78 is 0. The minimum Gasteiger partial charge on any atom is -0.327 e. The SMILES string of the molecule is CN(Cc1ccccc1)CC1(C)CCCC1N. The Labute approximate surface area is 105 Å². The average molecular weight is 232 g/mol. The molecule has 2 unspecified atom stereocenters. The maximum Gasteiger partial charge on any atom is 0.0230 e. The van der Waals surface area contributed by atoms with Crippen molar-refractivity contribution in [2.75, 3.05) is 13.6 Å². The molecular weight excluding hydrogens is 208 g/mol. The highest BCUT2D eigenvalue weighted by Crippen LogP contribution is 2.37. The quantitative estimate of drug-likeness (QED) is 0.864. The van der Waals surface area contributed by atoms with Gasteiger partial charge in [-0.3, -0.25) is 0 Å². The van der Waals surface area contributed by atoms with Crippen LogP contribution in [0.5, 0.6) is 0 Å². The average Bonchev–Trinajstić information content (AvgIpc) is 2.60. The first-order valence-corrected chi connectivity index (χ1v) is 6.58. The van der Waals surface area contributed by atoms with Gasteiger partial charge in [-0.2, -0.15) is 0 Å². The number of nitrogens with zero attached hydrogens (tertiary/aromatic N) is 1. The monoisotopic (exact) mass is 232 g/mol. The van der Waals surface area contributed by atoms with Gasteiger partial charge in [0.1, 0.15) is 0 Å². The van der Waals surface area contributed by atoms with Crippen LogP contribution >= 0.6 is 0 Å². The molecule has 0 radical (unpaired) electrons. The molecular formula is C15H24N2. The van der Waals surface area contributed by atoms with E-state index in [0.717, 1.165) is 13.1 Å². The van der Waals surface area contributed by atoms with Crippen LogP contribution in [0, 0.1) is 5.41 Å². The summed E-state index contributed by atoms with van der Waals surface area (Å²) in [5.41, 5.74) is 7.92. The maximum atomic E-state index is 6.23. The molecule has 2 heteroatoms. The van der Waals surface area contributed by atoms with Crippen LogP contribution in [0.1, 0.15) is 31.7 Å². The zero-order chi connectivity index (χ0) is 12.3. The van der Waals surface area contributed by atoms with Crippen LogP contribution in [0.2, 0.25) is 0 Å². The molecule has 94 valence electrons. The third kappa shape index (κ3) is 3.08. The minimum absolute atomic E-state index is 0.309. The van der Waals surface area contributed by atoms with Crippen LogP contribution in [0.25, 0.3) is 0 Å². The molecule has 2 rings (SSSR count). The molecule has 2 atom stereocenters. The molecule has 0 aliphatic heterocycles. The lowest BCUT2D eigenvalue weighted by atomic mass is 9.84. The minimum atomic E-state index is 0.309. The highest BCUT2D eigenvalue weighted by molar-refractivity contribution is 5.14. The van der Waals surface area contributed by atoms with Crippen LogP contribution in [0.15, 0.2) is 30.3 Å². The fraction of sp³-hybridized carbons (Fsp3) is 0.600.